The standard InChI is InChI=1S/C30H28N2O3/c1-19-11-13-21(14-12-19)29(34)28-26(20-15-17-23(35-2)18-16-20)27-24(9-6-10-25(27)33)32(30(28)31)22-7-4-3-5-8-22/h3-5,7-8,11-18,26,31,34H,6,9-10H2,1-2H3/b29-28+,31-30?/t26-/m1/s1. The minimum absolute atomic E-state index is 0.0154. The van der Waals surface area contributed by atoms with Crippen LogP contribution in [-0.4, -0.2) is 23.8 Å². The minimum Gasteiger partial charge on any atom is -0.507 e. The van der Waals surface area contributed by atoms with Crippen molar-refractivity contribution in [3.05, 3.63) is 112 Å². The zero-order valence-electron chi connectivity index (χ0n) is 19.9. The third kappa shape index (κ3) is 4.03. The van der Waals surface area contributed by atoms with Gasteiger partial charge in [0, 0.05) is 40.4 Å². The first-order chi connectivity index (χ1) is 17.0. The number of aryl methyl sites for hydroxylation is 1. The van der Waals surface area contributed by atoms with Gasteiger partial charge in [-0.1, -0.05) is 60.2 Å². The molecule has 0 unspecified atom stereocenters. The summed E-state index contributed by atoms with van der Waals surface area (Å²) in [5.41, 5.74) is 5.29. The smallest absolute Gasteiger partial charge is 0.161 e. The summed E-state index contributed by atoms with van der Waals surface area (Å²) in [5.74, 6) is 0.431. The second-order valence-electron chi connectivity index (χ2n) is 8.99. The van der Waals surface area contributed by atoms with E-state index in [4.69, 9.17) is 4.74 Å². The van der Waals surface area contributed by atoms with Crippen LogP contribution in [0.4, 0.5) is 5.69 Å². The number of rotatable bonds is 4. The zero-order valence-corrected chi connectivity index (χ0v) is 19.9. The topological polar surface area (TPSA) is 73.6 Å². The normalized spacial score (nSPS) is 19.5. The number of hydrogen-bond donors (Lipinski definition) is 2. The molecule has 1 aliphatic carbocycles. The first kappa shape index (κ1) is 22.7. The molecule has 0 saturated heterocycles. The number of allylic oxidation sites excluding steroid dienone is 2. The van der Waals surface area contributed by atoms with E-state index in [1.807, 2.05) is 90.7 Å². The van der Waals surface area contributed by atoms with Crippen LogP contribution in [-0.2, 0) is 4.79 Å². The molecule has 5 heteroatoms. The molecule has 0 radical (unpaired) electrons. The van der Waals surface area contributed by atoms with Crippen LogP contribution in [0.5, 0.6) is 5.75 Å². The number of Topliss-reactive ketones (excluding diaryl/α,β-unsaturated/α-hetero) is 1. The molecule has 1 atom stereocenters. The fourth-order valence-corrected chi connectivity index (χ4v) is 5.05. The Morgan fingerprint density at radius 3 is 2.31 bits per heavy atom. The molecule has 1 aliphatic heterocycles. The summed E-state index contributed by atoms with van der Waals surface area (Å²) >= 11 is 0. The Morgan fingerprint density at radius 1 is 0.971 bits per heavy atom. The van der Waals surface area contributed by atoms with Crippen molar-refractivity contribution in [3.63, 3.8) is 0 Å². The van der Waals surface area contributed by atoms with Gasteiger partial charge >= 0.3 is 0 Å². The van der Waals surface area contributed by atoms with Gasteiger partial charge in [-0.25, -0.2) is 0 Å². The van der Waals surface area contributed by atoms with Gasteiger partial charge in [-0.15, -0.1) is 0 Å². The van der Waals surface area contributed by atoms with E-state index < -0.39 is 5.92 Å². The van der Waals surface area contributed by atoms with Gasteiger partial charge in [0.05, 0.1) is 7.11 Å². The summed E-state index contributed by atoms with van der Waals surface area (Å²) in [6.07, 6.45) is 1.90. The Morgan fingerprint density at radius 2 is 1.66 bits per heavy atom. The average Bonchev–Trinajstić information content (AvgIpc) is 2.89. The quantitative estimate of drug-likeness (QED) is 0.429. The SMILES string of the molecule is COc1ccc([C@@H]2C3=C(CCCC3=O)N(c3ccccc3)C(=N)/C2=C(/O)c2ccc(C)cc2)cc1. The van der Waals surface area contributed by atoms with E-state index in [0.29, 0.717) is 35.3 Å². The van der Waals surface area contributed by atoms with Crippen LogP contribution in [0.1, 0.15) is 41.9 Å². The molecule has 0 bridgehead atoms. The summed E-state index contributed by atoms with van der Waals surface area (Å²) in [5, 5.41) is 21.0. The number of para-hydroxylation sites is 1. The van der Waals surface area contributed by atoms with Crippen LogP contribution in [0, 0.1) is 12.3 Å². The lowest BCUT2D eigenvalue weighted by Gasteiger charge is -2.41. The maximum absolute atomic E-state index is 13.5. The number of carbonyl (C=O) groups excluding carboxylic acids is 1. The third-order valence-electron chi connectivity index (χ3n) is 6.80. The van der Waals surface area contributed by atoms with E-state index in [9.17, 15) is 15.3 Å². The number of anilines is 1. The summed E-state index contributed by atoms with van der Waals surface area (Å²) in [7, 11) is 1.61. The number of aliphatic hydroxyl groups is 1. The van der Waals surface area contributed by atoms with Crippen molar-refractivity contribution in [2.45, 2.75) is 32.1 Å². The molecule has 0 spiro atoms. The zero-order chi connectivity index (χ0) is 24.5. The van der Waals surface area contributed by atoms with Crippen molar-refractivity contribution in [3.8, 4) is 5.75 Å². The van der Waals surface area contributed by atoms with Crippen LogP contribution >= 0.6 is 0 Å². The van der Waals surface area contributed by atoms with Crippen LogP contribution in [0.2, 0.25) is 0 Å². The summed E-state index contributed by atoms with van der Waals surface area (Å²) < 4.78 is 5.34. The molecule has 0 amide bonds. The van der Waals surface area contributed by atoms with Crippen LogP contribution in [0.25, 0.3) is 5.76 Å². The number of benzene rings is 3. The molecule has 35 heavy (non-hydrogen) atoms. The lowest BCUT2D eigenvalue weighted by molar-refractivity contribution is -0.116. The van der Waals surface area contributed by atoms with Crippen molar-refractivity contribution >= 4 is 23.1 Å². The maximum Gasteiger partial charge on any atom is 0.161 e. The first-order valence-corrected chi connectivity index (χ1v) is 11.8. The molecule has 176 valence electrons. The van der Waals surface area contributed by atoms with Crippen LogP contribution in [0.15, 0.2) is 95.7 Å². The minimum atomic E-state index is -0.544. The van der Waals surface area contributed by atoms with E-state index in [-0.39, 0.29) is 17.4 Å². The van der Waals surface area contributed by atoms with Crippen molar-refractivity contribution in [1.82, 2.24) is 0 Å². The molecule has 5 rings (SSSR count). The second-order valence-corrected chi connectivity index (χ2v) is 8.99. The van der Waals surface area contributed by atoms with Crippen molar-refractivity contribution < 1.29 is 14.6 Å². The van der Waals surface area contributed by atoms with Gasteiger partial charge in [0.2, 0.25) is 0 Å². The number of ether oxygens (including phenoxy) is 1. The van der Waals surface area contributed by atoms with Gasteiger partial charge in [-0.05, 0) is 49.6 Å². The molecular formula is C30H28N2O3. The van der Waals surface area contributed by atoms with E-state index in [1.165, 1.54) is 0 Å². The highest BCUT2D eigenvalue weighted by atomic mass is 16.5. The Bertz CT molecular complexity index is 1340. The lowest BCUT2D eigenvalue weighted by atomic mass is 9.73. The molecule has 0 saturated carbocycles. The molecule has 5 nitrogen and oxygen atoms in total. The van der Waals surface area contributed by atoms with E-state index in [2.05, 4.69) is 0 Å². The number of amidine groups is 1. The summed E-state index contributed by atoms with van der Waals surface area (Å²) in [6.45, 7) is 1.99. The molecule has 0 aromatic heterocycles. The second kappa shape index (κ2) is 9.26. The molecule has 1 heterocycles. The molecular weight excluding hydrogens is 436 g/mol. The molecule has 3 aromatic carbocycles. The van der Waals surface area contributed by atoms with Gasteiger partial charge in [0.15, 0.2) is 5.78 Å². The highest BCUT2D eigenvalue weighted by Crippen LogP contribution is 2.48. The monoisotopic (exact) mass is 464 g/mol. The predicted molar refractivity (Wildman–Crippen MR) is 139 cm³/mol. The van der Waals surface area contributed by atoms with Gasteiger partial charge in [0.25, 0.3) is 0 Å². The Hall–Kier alpha value is -4.12. The number of nitrogens with one attached hydrogen (secondary N) is 1. The van der Waals surface area contributed by atoms with E-state index in [0.717, 1.165) is 28.9 Å². The van der Waals surface area contributed by atoms with Crippen molar-refractivity contribution in [2.24, 2.45) is 0 Å². The predicted octanol–water partition coefficient (Wildman–Crippen LogP) is 6.56. The van der Waals surface area contributed by atoms with Crippen molar-refractivity contribution in [2.75, 3.05) is 12.0 Å². The maximum atomic E-state index is 13.5. The van der Waals surface area contributed by atoms with Crippen LogP contribution < -0.4 is 9.64 Å². The fourth-order valence-electron chi connectivity index (χ4n) is 5.05. The first-order valence-electron chi connectivity index (χ1n) is 11.8. The van der Waals surface area contributed by atoms with E-state index >= 15 is 0 Å². The number of ketones is 1. The van der Waals surface area contributed by atoms with Gasteiger partial charge < -0.3 is 9.84 Å². The summed E-state index contributed by atoms with van der Waals surface area (Å²) in [6, 6.07) is 24.8. The number of nitrogens with zero attached hydrogens (tertiary/aromatic N) is 1. The van der Waals surface area contributed by atoms with Crippen LogP contribution in [0.3, 0.4) is 0 Å². The van der Waals surface area contributed by atoms with Gasteiger partial charge in [-0.3, -0.25) is 15.1 Å². The highest BCUT2D eigenvalue weighted by Gasteiger charge is 2.43. The molecule has 2 N–H and O–H groups in total. The lowest BCUT2D eigenvalue weighted by Crippen LogP contribution is -2.42. The summed E-state index contributed by atoms with van der Waals surface area (Å²) in [4.78, 5) is 15.3. The van der Waals surface area contributed by atoms with Gasteiger partial charge in [-0.2, -0.15) is 0 Å². The number of methoxy groups -OCH3 is 1. The highest BCUT2D eigenvalue weighted by molar-refractivity contribution is 6.19. The Labute approximate surface area is 205 Å². The Balaban J connectivity index is 1.81. The number of carbonyl (C=O) groups is 1. The molecule has 0 fully saturated rings. The average molecular weight is 465 g/mol. The fraction of sp³-hybridized carbons (Fsp3) is 0.200. The molecule has 2 aliphatic rings. The van der Waals surface area contributed by atoms with Crippen molar-refractivity contribution in [1.29, 1.82) is 5.41 Å². The van der Waals surface area contributed by atoms with Gasteiger partial charge in [0.1, 0.15) is 17.3 Å². The molecule has 3 aromatic rings. The number of aliphatic hydroxyl groups excluding tert-OH is 1. The third-order valence-corrected chi connectivity index (χ3v) is 6.80. The largest absolute Gasteiger partial charge is 0.507 e. The number of hydrogen-bond acceptors (Lipinski definition) is 4. The van der Waals surface area contributed by atoms with E-state index in [1.54, 1.807) is 7.11 Å². The Kier molecular flexibility index (Phi) is 6.00.